The fourth-order valence-corrected chi connectivity index (χ4v) is 4.31. The minimum atomic E-state index is -0.478. The molecule has 0 aliphatic carbocycles. The van der Waals surface area contributed by atoms with Crippen LogP contribution in [0.1, 0.15) is 40.4 Å². The molecule has 2 saturated heterocycles. The third-order valence-electron chi connectivity index (χ3n) is 5.90. The SMILES string of the molecule is N#Cc1cccc(C(=O)Nc2ccc([C@H]3OCC(=O)N(C4CCOCC4)[C@@H]3CO)cc2)c1. The zero-order chi connectivity index (χ0) is 22.5. The second-order valence-electron chi connectivity index (χ2n) is 7.89. The van der Waals surface area contributed by atoms with Crippen molar-refractivity contribution in [3.05, 3.63) is 65.2 Å². The highest BCUT2D eigenvalue weighted by atomic mass is 16.5. The summed E-state index contributed by atoms with van der Waals surface area (Å²) >= 11 is 0. The zero-order valence-electron chi connectivity index (χ0n) is 17.6. The van der Waals surface area contributed by atoms with E-state index < -0.39 is 12.1 Å². The number of morpholine rings is 1. The first-order chi connectivity index (χ1) is 15.6. The van der Waals surface area contributed by atoms with Crippen LogP contribution < -0.4 is 5.32 Å². The van der Waals surface area contributed by atoms with Crippen LogP contribution in [0.25, 0.3) is 0 Å². The number of benzene rings is 2. The van der Waals surface area contributed by atoms with E-state index in [1.54, 1.807) is 35.2 Å². The van der Waals surface area contributed by atoms with Gasteiger partial charge in [-0.05, 0) is 48.7 Å². The van der Waals surface area contributed by atoms with Crippen molar-refractivity contribution < 1.29 is 24.2 Å². The third-order valence-corrected chi connectivity index (χ3v) is 5.90. The Hall–Kier alpha value is -3.25. The molecule has 0 spiro atoms. The lowest BCUT2D eigenvalue weighted by molar-refractivity contribution is -0.168. The number of nitrogens with zero attached hydrogens (tertiary/aromatic N) is 2. The van der Waals surface area contributed by atoms with Crippen molar-refractivity contribution >= 4 is 17.5 Å². The highest BCUT2D eigenvalue weighted by molar-refractivity contribution is 6.04. The fourth-order valence-electron chi connectivity index (χ4n) is 4.31. The summed E-state index contributed by atoms with van der Waals surface area (Å²) < 4.78 is 11.2. The fraction of sp³-hybridized carbons (Fsp3) is 0.375. The van der Waals surface area contributed by atoms with Crippen molar-refractivity contribution in [1.29, 1.82) is 5.26 Å². The first-order valence-corrected chi connectivity index (χ1v) is 10.6. The van der Waals surface area contributed by atoms with Crippen LogP contribution in [0.4, 0.5) is 5.69 Å². The van der Waals surface area contributed by atoms with E-state index in [2.05, 4.69) is 5.32 Å². The third kappa shape index (κ3) is 4.65. The molecule has 2 atom stereocenters. The number of aliphatic hydroxyl groups is 1. The van der Waals surface area contributed by atoms with E-state index >= 15 is 0 Å². The smallest absolute Gasteiger partial charge is 0.255 e. The molecule has 8 heteroatoms. The Morgan fingerprint density at radius 3 is 2.62 bits per heavy atom. The molecule has 0 bridgehead atoms. The lowest BCUT2D eigenvalue weighted by Crippen LogP contribution is -2.57. The van der Waals surface area contributed by atoms with Crippen molar-refractivity contribution in [3.8, 4) is 6.07 Å². The van der Waals surface area contributed by atoms with E-state index in [1.165, 1.54) is 6.07 Å². The van der Waals surface area contributed by atoms with Crippen molar-refractivity contribution in [2.75, 3.05) is 31.7 Å². The number of hydrogen-bond acceptors (Lipinski definition) is 6. The molecule has 32 heavy (non-hydrogen) atoms. The Balaban J connectivity index is 1.48. The minimum absolute atomic E-state index is 0.0301. The monoisotopic (exact) mass is 435 g/mol. The molecule has 4 rings (SSSR count). The number of carbonyl (C=O) groups is 2. The van der Waals surface area contributed by atoms with E-state index in [0.29, 0.717) is 30.0 Å². The van der Waals surface area contributed by atoms with E-state index in [1.807, 2.05) is 18.2 Å². The highest BCUT2D eigenvalue weighted by Gasteiger charge is 2.41. The Labute approximate surface area is 186 Å². The van der Waals surface area contributed by atoms with Gasteiger partial charge in [0.25, 0.3) is 5.91 Å². The van der Waals surface area contributed by atoms with E-state index in [-0.39, 0.29) is 31.1 Å². The summed E-state index contributed by atoms with van der Waals surface area (Å²) in [5.41, 5.74) is 2.23. The van der Waals surface area contributed by atoms with E-state index in [0.717, 1.165) is 18.4 Å². The van der Waals surface area contributed by atoms with Crippen molar-refractivity contribution in [3.63, 3.8) is 0 Å². The van der Waals surface area contributed by atoms with Crippen molar-refractivity contribution in [1.82, 2.24) is 4.90 Å². The summed E-state index contributed by atoms with van der Waals surface area (Å²) in [6.45, 7) is 0.960. The van der Waals surface area contributed by atoms with Crippen LogP contribution in [0.2, 0.25) is 0 Å². The Bertz CT molecular complexity index is 1010. The summed E-state index contributed by atoms with van der Waals surface area (Å²) in [5.74, 6) is -0.427. The molecule has 2 aliphatic heterocycles. The first-order valence-electron chi connectivity index (χ1n) is 10.6. The van der Waals surface area contributed by atoms with Gasteiger partial charge in [0.1, 0.15) is 12.7 Å². The van der Waals surface area contributed by atoms with Crippen LogP contribution in [0.3, 0.4) is 0 Å². The lowest BCUT2D eigenvalue weighted by atomic mass is 9.95. The van der Waals surface area contributed by atoms with E-state index in [9.17, 15) is 14.7 Å². The normalized spacial score (nSPS) is 21.8. The second-order valence-corrected chi connectivity index (χ2v) is 7.89. The van der Waals surface area contributed by atoms with Gasteiger partial charge in [-0.3, -0.25) is 9.59 Å². The van der Waals surface area contributed by atoms with Gasteiger partial charge in [0.2, 0.25) is 5.91 Å². The molecule has 0 aromatic heterocycles. The van der Waals surface area contributed by atoms with Crippen LogP contribution in [-0.2, 0) is 14.3 Å². The number of aliphatic hydroxyl groups excluding tert-OH is 1. The molecule has 2 aromatic rings. The molecular formula is C24H25N3O5. The maximum atomic E-state index is 12.6. The number of nitrogens with one attached hydrogen (secondary N) is 1. The number of anilines is 1. The predicted molar refractivity (Wildman–Crippen MR) is 116 cm³/mol. The molecular weight excluding hydrogens is 410 g/mol. The predicted octanol–water partition coefficient (Wildman–Crippen LogP) is 2.25. The molecule has 2 aliphatic rings. The van der Waals surface area contributed by atoms with Gasteiger partial charge in [-0.2, -0.15) is 5.26 Å². The van der Waals surface area contributed by atoms with Crippen LogP contribution in [0.5, 0.6) is 0 Å². The molecule has 0 unspecified atom stereocenters. The van der Waals surface area contributed by atoms with Crippen molar-refractivity contribution in [2.45, 2.75) is 31.0 Å². The molecule has 2 fully saturated rings. The lowest BCUT2D eigenvalue weighted by Gasteiger charge is -2.45. The van der Waals surface area contributed by atoms with Crippen LogP contribution >= 0.6 is 0 Å². The topological polar surface area (TPSA) is 112 Å². The van der Waals surface area contributed by atoms with E-state index in [4.69, 9.17) is 14.7 Å². The number of amides is 2. The Kier molecular flexibility index (Phi) is 6.81. The summed E-state index contributed by atoms with van der Waals surface area (Å²) in [6.07, 6.45) is 1.03. The summed E-state index contributed by atoms with van der Waals surface area (Å²) in [4.78, 5) is 26.8. The van der Waals surface area contributed by atoms with Gasteiger partial charge in [-0.1, -0.05) is 18.2 Å². The van der Waals surface area contributed by atoms with Gasteiger partial charge < -0.3 is 24.8 Å². The number of hydrogen-bond donors (Lipinski definition) is 2. The number of carbonyl (C=O) groups excluding carboxylic acids is 2. The maximum absolute atomic E-state index is 12.6. The molecule has 8 nitrogen and oxygen atoms in total. The van der Waals surface area contributed by atoms with Gasteiger partial charge in [-0.15, -0.1) is 0 Å². The Morgan fingerprint density at radius 2 is 1.94 bits per heavy atom. The minimum Gasteiger partial charge on any atom is -0.394 e. The molecule has 0 radical (unpaired) electrons. The van der Waals surface area contributed by atoms with Gasteiger partial charge in [-0.25, -0.2) is 0 Å². The zero-order valence-corrected chi connectivity index (χ0v) is 17.6. The summed E-state index contributed by atoms with van der Waals surface area (Å²) in [5, 5.41) is 21.9. The number of nitriles is 1. The van der Waals surface area contributed by atoms with Crippen molar-refractivity contribution in [2.24, 2.45) is 0 Å². The first kappa shape index (κ1) is 22.0. The second kappa shape index (κ2) is 9.92. The average molecular weight is 435 g/mol. The quantitative estimate of drug-likeness (QED) is 0.745. The Morgan fingerprint density at radius 1 is 1.19 bits per heavy atom. The van der Waals surface area contributed by atoms with Gasteiger partial charge in [0.05, 0.1) is 24.3 Å². The highest BCUT2D eigenvalue weighted by Crippen LogP contribution is 2.33. The van der Waals surface area contributed by atoms with Crippen LogP contribution in [0.15, 0.2) is 48.5 Å². The number of ether oxygens (including phenoxy) is 2. The molecule has 0 saturated carbocycles. The summed E-state index contributed by atoms with van der Waals surface area (Å²) in [6, 6.07) is 15.2. The molecule has 2 heterocycles. The van der Waals surface area contributed by atoms with Crippen LogP contribution in [-0.4, -0.2) is 60.3 Å². The average Bonchev–Trinajstić information content (AvgIpc) is 2.85. The van der Waals surface area contributed by atoms with Gasteiger partial charge in [0.15, 0.2) is 0 Å². The maximum Gasteiger partial charge on any atom is 0.255 e. The largest absolute Gasteiger partial charge is 0.394 e. The molecule has 2 N–H and O–H groups in total. The molecule has 2 amide bonds. The van der Waals surface area contributed by atoms with Gasteiger partial charge >= 0.3 is 0 Å². The molecule has 2 aromatic carbocycles. The number of rotatable bonds is 5. The van der Waals surface area contributed by atoms with Gasteiger partial charge in [0, 0.05) is 30.5 Å². The van der Waals surface area contributed by atoms with Crippen LogP contribution in [0, 0.1) is 11.3 Å². The molecule has 166 valence electrons. The summed E-state index contributed by atoms with van der Waals surface area (Å²) in [7, 11) is 0. The standard InChI is InChI=1S/C24H25N3O5/c25-13-16-2-1-3-18(12-16)24(30)26-19-6-4-17(5-7-19)23-21(14-28)27(22(29)15-32-23)20-8-10-31-11-9-20/h1-7,12,20-21,23,28H,8-11,14-15H2,(H,26,30)/t21-,23-/m1/s1.